The molecule has 0 radical (unpaired) electrons. The number of aliphatic hydroxyl groups is 1. The first-order chi connectivity index (χ1) is 30.4. The second-order valence-electron chi connectivity index (χ2n) is 16.5. The standard InChI is InChI=1S/C46H56FN7O10/c1-7-46(62)29(6)64-23-33-34(46)20-37-41-30(22-54(37)45(33)61)19-32-31(25(2)35(47)21-36(32)52-41)13-10-12-18-63-24-48-42(58)26(3)50-44(60)28(5)51-43(59)27(4)49-38(55)14-9-8-11-17-53-39(56)15-16-40(53)57/h15-16,19-21,26-28,62H,6-14,17-18,22-24H2,1-5H3,(H,48,58)(H,49,55)(H,50,60)(H,51,59)/t26-,27-,28-,46+/m0/s1. The first-order valence-corrected chi connectivity index (χ1v) is 21.7. The molecule has 3 aromatic rings. The van der Waals surface area contributed by atoms with Crippen LogP contribution in [0.4, 0.5) is 4.39 Å². The summed E-state index contributed by atoms with van der Waals surface area (Å²) < 4.78 is 28.2. The number of nitrogens with one attached hydrogen (secondary N) is 4. The quantitative estimate of drug-likeness (QED) is 0.0493. The van der Waals surface area contributed by atoms with Gasteiger partial charge in [0.15, 0.2) is 0 Å². The van der Waals surface area contributed by atoms with E-state index in [2.05, 4.69) is 27.8 Å². The first kappa shape index (κ1) is 47.2. The van der Waals surface area contributed by atoms with Gasteiger partial charge < -0.3 is 40.4 Å². The largest absolute Gasteiger partial charge is 0.490 e. The van der Waals surface area contributed by atoms with Gasteiger partial charge in [0.1, 0.15) is 48.6 Å². The lowest BCUT2D eigenvalue weighted by atomic mass is 9.84. The van der Waals surface area contributed by atoms with Gasteiger partial charge in [0, 0.05) is 54.3 Å². The van der Waals surface area contributed by atoms with Crippen molar-refractivity contribution in [3.8, 4) is 11.4 Å². The van der Waals surface area contributed by atoms with Gasteiger partial charge in [-0.2, -0.15) is 0 Å². The molecule has 3 aliphatic rings. The third-order valence-electron chi connectivity index (χ3n) is 12.1. The molecule has 3 aliphatic heterocycles. The van der Waals surface area contributed by atoms with Gasteiger partial charge in [-0.25, -0.2) is 9.37 Å². The fourth-order valence-corrected chi connectivity index (χ4v) is 8.12. The third-order valence-corrected chi connectivity index (χ3v) is 12.1. The Labute approximate surface area is 369 Å². The molecule has 0 saturated carbocycles. The van der Waals surface area contributed by atoms with E-state index >= 15 is 4.39 Å². The number of carbonyl (C=O) groups is 6. The van der Waals surface area contributed by atoms with Gasteiger partial charge >= 0.3 is 0 Å². The normalized spacial score (nSPS) is 17.6. The molecule has 0 bridgehead atoms. The summed E-state index contributed by atoms with van der Waals surface area (Å²) in [6.07, 6.45) is 6.25. The van der Waals surface area contributed by atoms with E-state index < -0.39 is 47.3 Å². The molecular formula is C46H56FN7O10. The van der Waals surface area contributed by atoms with Crippen LogP contribution in [0.25, 0.3) is 22.3 Å². The molecule has 342 valence electrons. The van der Waals surface area contributed by atoms with Crippen LogP contribution in [0.2, 0.25) is 0 Å². The van der Waals surface area contributed by atoms with Crippen molar-refractivity contribution >= 4 is 46.3 Å². The van der Waals surface area contributed by atoms with E-state index in [9.17, 15) is 38.7 Å². The molecule has 18 heteroatoms. The third kappa shape index (κ3) is 10.1. The number of fused-ring (bicyclic) bond motifs is 5. The Morgan fingerprint density at radius 3 is 2.30 bits per heavy atom. The van der Waals surface area contributed by atoms with Gasteiger partial charge in [0.05, 0.1) is 29.0 Å². The highest BCUT2D eigenvalue weighted by Gasteiger charge is 2.41. The highest BCUT2D eigenvalue weighted by Crippen LogP contribution is 2.42. The van der Waals surface area contributed by atoms with Gasteiger partial charge in [-0.3, -0.25) is 38.5 Å². The van der Waals surface area contributed by atoms with Crippen LogP contribution in [0.3, 0.4) is 0 Å². The smallest absolute Gasteiger partial charge is 0.258 e. The van der Waals surface area contributed by atoms with Gasteiger partial charge in [0.25, 0.3) is 17.4 Å². The second kappa shape index (κ2) is 20.1. The summed E-state index contributed by atoms with van der Waals surface area (Å²) in [6.45, 7) is 12.5. The number of ether oxygens (including phenoxy) is 2. The number of carbonyl (C=O) groups excluding carboxylic acids is 6. The number of hydrogen-bond acceptors (Lipinski definition) is 11. The SMILES string of the molecule is C=C1OCc2c(cc3n(c2=O)Cc2cc4c(CCCCOCNC(=O)[C@H](C)NC(=O)[C@H](C)NC(=O)[C@H](C)NC(=O)CCCCCN5C(=O)C=CC5=O)c(C)c(F)cc4nc2-3)[C@@]1(O)CC. The number of hydrogen-bond donors (Lipinski definition) is 5. The molecule has 2 aromatic heterocycles. The topological polar surface area (TPSA) is 227 Å². The molecule has 17 nitrogen and oxygen atoms in total. The lowest BCUT2D eigenvalue weighted by Gasteiger charge is -2.35. The van der Waals surface area contributed by atoms with Crippen molar-refractivity contribution in [1.29, 1.82) is 0 Å². The average Bonchev–Trinajstić information content (AvgIpc) is 3.79. The average molecular weight is 886 g/mol. The zero-order valence-corrected chi connectivity index (χ0v) is 36.9. The second-order valence-corrected chi connectivity index (χ2v) is 16.5. The van der Waals surface area contributed by atoms with E-state index in [4.69, 9.17) is 14.5 Å². The number of aromatic nitrogens is 2. The minimum absolute atomic E-state index is 0.0113. The monoisotopic (exact) mass is 885 g/mol. The summed E-state index contributed by atoms with van der Waals surface area (Å²) in [5.74, 6) is -2.97. The molecular weight excluding hydrogens is 830 g/mol. The van der Waals surface area contributed by atoms with Gasteiger partial charge in [0.2, 0.25) is 23.6 Å². The van der Waals surface area contributed by atoms with Crippen LogP contribution in [0.5, 0.6) is 0 Å². The molecule has 0 aliphatic carbocycles. The number of amides is 6. The maximum atomic E-state index is 15.3. The van der Waals surface area contributed by atoms with E-state index in [1.165, 1.54) is 39.0 Å². The Hall–Kier alpha value is -6.27. The van der Waals surface area contributed by atoms with Crippen LogP contribution >= 0.6 is 0 Å². The highest BCUT2D eigenvalue weighted by molar-refractivity contribution is 6.12. The van der Waals surface area contributed by atoms with Crippen molar-refractivity contribution in [2.75, 3.05) is 19.9 Å². The lowest BCUT2D eigenvalue weighted by Crippen LogP contribution is -2.54. The van der Waals surface area contributed by atoms with Crippen LogP contribution in [0.15, 0.2) is 47.5 Å². The number of aryl methyl sites for hydroxylation is 1. The van der Waals surface area contributed by atoms with Crippen LogP contribution in [0.1, 0.15) is 100 Å². The van der Waals surface area contributed by atoms with E-state index in [0.29, 0.717) is 78.7 Å². The van der Waals surface area contributed by atoms with Crippen LogP contribution < -0.4 is 26.8 Å². The molecule has 4 atom stereocenters. The zero-order valence-electron chi connectivity index (χ0n) is 36.9. The van der Waals surface area contributed by atoms with Crippen molar-refractivity contribution in [2.24, 2.45) is 0 Å². The number of rotatable bonds is 20. The van der Waals surface area contributed by atoms with Gasteiger partial charge in [-0.05, 0) is 89.5 Å². The van der Waals surface area contributed by atoms with Crippen LogP contribution in [0, 0.1) is 12.7 Å². The molecule has 5 heterocycles. The Balaban J connectivity index is 0.905. The summed E-state index contributed by atoms with van der Waals surface area (Å²) in [5.41, 5.74) is 2.73. The van der Waals surface area contributed by atoms with Crippen molar-refractivity contribution < 1.29 is 47.7 Å². The highest BCUT2D eigenvalue weighted by atomic mass is 19.1. The Bertz CT molecular complexity index is 2470. The number of imide groups is 1. The molecule has 0 saturated heterocycles. The van der Waals surface area contributed by atoms with E-state index in [-0.39, 0.29) is 68.3 Å². The number of unbranched alkanes of at least 4 members (excludes halogenated alkanes) is 3. The van der Waals surface area contributed by atoms with Crippen molar-refractivity contribution in [3.05, 3.63) is 86.7 Å². The van der Waals surface area contributed by atoms with Crippen LogP contribution in [-0.4, -0.2) is 93.0 Å². The van der Waals surface area contributed by atoms with Crippen molar-refractivity contribution in [3.63, 3.8) is 0 Å². The van der Waals surface area contributed by atoms with Crippen LogP contribution in [-0.2, 0) is 63.4 Å². The molecule has 0 spiro atoms. The van der Waals surface area contributed by atoms with E-state index in [0.717, 1.165) is 21.4 Å². The Morgan fingerprint density at radius 1 is 0.938 bits per heavy atom. The minimum atomic E-state index is -1.51. The molecule has 64 heavy (non-hydrogen) atoms. The predicted molar refractivity (Wildman–Crippen MR) is 232 cm³/mol. The summed E-state index contributed by atoms with van der Waals surface area (Å²) in [6, 6.07) is 2.26. The van der Waals surface area contributed by atoms with Crippen molar-refractivity contribution in [1.82, 2.24) is 35.7 Å². The molecule has 1 aromatic carbocycles. The molecule has 6 rings (SSSR count). The first-order valence-electron chi connectivity index (χ1n) is 21.7. The summed E-state index contributed by atoms with van der Waals surface area (Å²) in [4.78, 5) is 93.3. The lowest BCUT2D eigenvalue weighted by molar-refractivity contribution is -0.137. The van der Waals surface area contributed by atoms with E-state index in [1.807, 2.05) is 6.07 Å². The summed E-state index contributed by atoms with van der Waals surface area (Å²) in [7, 11) is 0. The fraction of sp³-hybridized carbons (Fsp3) is 0.478. The Kier molecular flexibility index (Phi) is 14.8. The zero-order chi connectivity index (χ0) is 46.5. The maximum Gasteiger partial charge on any atom is 0.258 e. The fourth-order valence-electron chi connectivity index (χ4n) is 8.12. The maximum absolute atomic E-state index is 15.3. The number of nitrogens with zero attached hydrogens (tertiary/aromatic N) is 3. The van der Waals surface area contributed by atoms with Gasteiger partial charge in [-0.1, -0.05) is 19.9 Å². The predicted octanol–water partition coefficient (Wildman–Crippen LogP) is 2.93. The van der Waals surface area contributed by atoms with Gasteiger partial charge in [-0.15, -0.1) is 0 Å². The number of pyridine rings is 2. The summed E-state index contributed by atoms with van der Waals surface area (Å²) in [5, 5.41) is 22.5. The summed E-state index contributed by atoms with van der Waals surface area (Å²) >= 11 is 0. The number of benzene rings is 1. The number of halogens is 1. The van der Waals surface area contributed by atoms with Crippen molar-refractivity contribution in [2.45, 2.75) is 123 Å². The molecule has 5 N–H and O–H groups in total. The van der Waals surface area contributed by atoms with E-state index in [1.54, 1.807) is 24.5 Å². The minimum Gasteiger partial charge on any atom is -0.490 e. The molecule has 0 fully saturated rings. The molecule has 0 unspecified atom stereocenters. The molecule has 6 amide bonds. The Morgan fingerprint density at radius 2 is 1.61 bits per heavy atom.